The molecule has 0 nitrogen and oxygen atoms in total. The quantitative estimate of drug-likeness (QED) is 0.119. The first kappa shape index (κ1) is 30.3. The largest absolute Gasteiger partial charge is 0.0622 e. The smallest absolute Gasteiger partial charge is 0.0195 e. The van der Waals surface area contributed by atoms with Crippen molar-refractivity contribution in [3.05, 3.63) is 182 Å². The van der Waals surface area contributed by atoms with Gasteiger partial charge in [-0.05, 0) is 91.8 Å². The fourth-order valence-electron chi connectivity index (χ4n) is 6.70. The van der Waals surface area contributed by atoms with Crippen molar-refractivity contribution < 1.29 is 0 Å². The summed E-state index contributed by atoms with van der Waals surface area (Å²) in [6.45, 7) is 0. The molecule has 6 aromatic rings. The van der Waals surface area contributed by atoms with Crippen LogP contribution >= 0.6 is 23.8 Å². The molecule has 1 saturated carbocycles. The summed E-state index contributed by atoms with van der Waals surface area (Å²) in [6.07, 6.45) is 3.79. The van der Waals surface area contributed by atoms with E-state index in [9.17, 15) is 0 Å². The van der Waals surface area contributed by atoms with Crippen LogP contribution in [-0.4, -0.2) is 18.5 Å². The molecular formula is C42H39P3. The van der Waals surface area contributed by atoms with Crippen LogP contribution in [0.4, 0.5) is 0 Å². The fraction of sp³-hybridized carbons (Fsp3) is 0.143. The zero-order valence-corrected chi connectivity index (χ0v) is 28.2. The molecule has 0 aliphatic heterocycles. The van der Waals surface area contributed by atoms with Gasteiger partial charge < -0.3 is 0 Å². The van der Waals surface area contributed by atoms with E-state index >= 15 is 0 Å². The Labute approximate surface area is 272 Å². The lowest BCUT2D eigenvalue weighted by Crippen LogP contribution is -2.17. The molecule has 222 valence electrons. The zero-order chi connectivity index (χ0) is 30.3. The molecular weight excluding hydrogens is 597 g/mol. The van der Waals surface area contributed by atoms with Crippen molar-refractivity contribution in [1.82, 2.24) is 0 Å². The second-order valence-corrected chi connectivity index (χ2v) is 18.6. The van der Waals surface area contributed by atoms with Crippen LogP contribution in [0.3, 0.4) is 0 Å². The molecule has 0 saturated heterocycles. The molecule has 0 bridgehead atoms. The van der Waals surface area contributed by atoms with Crippen molar-refractivity contribution in [2.24, 2.45) is 17.8 Å². The molecule has 0 radical (unpaired) electrons. The third kappa shape index (κ3) is 7.37. The summed E-state index contributed by atoms with van der Waals surface area (Å²) in [4.78, 5) is 0. The minimum Gasteiger partial charge on any atom is -0.0622 e. The summed E-state index contributed by atoms with van der Waals surface area (Å²) in [7, 11) is -1.30. The third-order valence-electron chi connectivity index (χ3n) is 9.10. The third-order valence-corrected chi connectivity index (χ3v) is 17.0. The minimum atomic E-state index is -0.434. The van der Waals surface area contributed by atoms with Crippen LogP contribution in [-0.2, 0) is 0 Å². The van der Waals surface area contributed by atoms with E-state index in [2.05, 4.69) is 182 Å². The van der Waals surface area contributed by atoms with E-state index in [0.29, 0.717) is 17.8 Å². The first-order valence-corrected chi connectivity index (χ1v) is 20.6. The Morgan fingerprint density at radius 2 is 0.400 bits per heavy atom. The highest BCUT2D eigenvalue weighted by Crippen LogP contribution is 2.60. The van der Waals surface area contributed by atoms with Gasteiger partial charge in [-0.1, -0.05) is 182 Å². The van der Waals surface area contributed by atoms with Gasteiger partial charge in [-0.2, -0.15) is 0 Å². The zero-order valence-electron chi connectivity index (χ0n) is 25.5. The molecule has 1 aliphatic rings. The first-order chi connectivity index (χ1) is 22.3. The van der Waals surface area contributed by atoms with Crippen LogP contribution in [0.5, 0.6) is 0 Å². The SMILES string of the molecule is c1ccc(P(CC2C(CP(c3ccccc3)c3ccccc3)C2CP(c2ccccc2)c2ccccc2)c2ccccc2)cc1. The molecule has 1 fully saturated rings. The maximum Gasteiger partial charge on any atom is -0.0195 e. The van der Waals surface area contributed by atoms with Gasteiger partial charge >= 0.3 is 0 Å². The van der Waals surface area contributed by atoms with Crippen LogP contribution in [0.1, 0.15) is 0 Å². The van der Waals surface area contributed by atoms with Crippen molar-refractivity contribution in [2.45, 2.75) is 0 Å². The van der Waals surface area contributed by atoms with E-state index in [4.69, 9.17) is 0 Å². The standard InChI is InChI=1S/C42H39P3/c1-7-19-34(20-8-1)43(35-21-9-2-10-22-35)31-40-41(32-44(36-23-11-3-12-24-36)37-25-13-4-14-26-37)42(40)33-45(38-27-15-5-16-28-38)39-29-17-6-18-30-39/h1-30,40-42H,31-33H2. The number of hydrogen-bond donors (Lipinski definition) is 0. The highest BCUT2D eigenvalue weighted by molar-refractivity contribution is 7.74. The Morgan fingerprint density at radius 1 is 0.244 bits per heavy atom. The molecule has 0 N–H and O–H groups in total. The van der Waals surface area contributed by atoms with Gasteiger partial charge in [-0.15, -0.1) is 0 Å². The van der Waals surface area contributed by atoms with Crippen molar-refractivity contribution in [3.63, 3.8) is 0 Å². The van der Waals surface area contributed by atoms with E-state index in [-0.39, 0.29) is 0 Å². The summed E-state index contributed by atoms with van der Waals surface area (Å²) in [5.74, 6) is 2.14. The van der Waals surface area contributed by atoms with Crippen LogP contribution in [0, 0.1) is 17.8 Å². The number of rotatable bonds is 12. The normalized spacial score (nSPS) is 17.5. The van der Waals surface area contributed by atoms with Crippen LogP contribution in [0.25, 0.3) is 0 Å². The molecule has 0 aromatic heterocycles. The molecule has 1 aliphatic carbocycles. The van der Waals surface area contributed by atoms with E-state index in [1.165, 1.54) is 50.3 Å². The lowest BCUT2D eigenvalue weighted by Gasteiger charge is -2.21. The fourth-order valence-corrected chi connectivity index (χ4v) is 14.9. The Hall–Kier alpha value is -3.39. The average Bonchev–Trinajstić information content (AvgIpc) is 3.79. The summed E-state index contributed by atoms with van der Waals surface area (Å²) in [5, 5.41) is 9.03. The maximum atomic E-state index is 2.37. The van der Waals surface area contributed by atoms with Crippen molar-refractivity contribution in [3.8, 4) is 0 Å². The van der Waals surface area contributed by atoms with Gasteiger partial charge in [0.1, 0.15) is 0 Å². The molecule has 0 atom stereocenters. The Kier molecular flexibility index (Phi) is 9.96. The monoisotopic (exact) mass is 636 g/mol. The molecule has 0 spiro atoms. The van der Waals surface area contributed by atoms with Crippen molar-refractivity contribution in [2.75, 3.05) is 18.5 Å². The molecule has 0 unspecified atom stereocenters. The van der Waals surface area contributed by atoms with Gasteiger partial charge in [0, 0.05) is 0 Å². The Balaban J connectivity index is 1.25. The van der Waals surface area contributed by atoms with Gasteiger partial charge in [0.2, 0.25) is 0 Å². The average molecular weight is 637 g/mol. The summed E-state index contributed by atoms with van der Waals surface area (Å²) < 4.78 is 0. The molecule has 7 rings (SSSR count). The van der Waals surface area contributed by atoms with Crippen molar-refractivity contribution >= 4 is 55.6 Å². The van der Waals surface area contributed by atoms with Crippen molar-refractivity contribution in [1.29, 1.82) is 0 Å². The second-order valence-electron chi connectivity index (χ2n) is 11.8. The summed E-state index contributed by atoms with van der Waals surface area (Å²) in [5.41, 5.74) is 0. The molecule has 0 amide bonds. The van der Waals surface area contributed by atoms with E-state index < -0.39 is 23.8 Å². The second kappa shape index (κ2) is 14.8. The van der Waals surface area contributed by atoms with Gasteiger partial charge in [0.15, 0.2) is 0 Å². The van der Waals surface area contributed by atoms with E-state index in [1.807, 2.05) is 0 Å². The van der Waals surface area contributed by atoms with E-state index in [0.717, 1.165) is 0 Å². The molecule has 6 aromatic carbocycles. The van der Waals surface area contributed by atoms with Gasteiger partial charge in [-0.3, -0.25) is 0 Å². The van der Waals surface area contributed by atoms with Crippen LogP contribution < -0.4 is 31.8 Å². The highest BCUT2D eigenvalue weighted by Gasteiger charge is 2.52. The lowest BCUT2D eigenvalue weighted by molar-refractivity contribution is 0.850. The predicted octanol–water partition coefficient (Wildman–Crippen LogP) is 8.25. The van der Waals surface area contributed by atoms with Gasteiger partial charge in [-0.25, -0.2) is 0 Å². The Bertz CT molecular complexity index is 1390. The maximum absolute atomic E-state index is 2.37. The predicted molar refractivity (Wildman–Crippen MR) is 202 cm³/mol. The summed E-state index contributed by atoms with van der Waals surface area (Å²) in [6, 6.07) is 68.1. The topological polar surface area (TPSA) is 0 Å². The van der Waals surface area contributed by atoms with Crippen LogP contribution in [0.2, 0.25) is 0 Å². The van der Waals surface area contributed by atoms with Gasteiger partial charge in [0.05, 0.1) is 0 Å². The number of hydrogen-bond acceptors (Lipinski definition) is 0. The lowest BCUT2D eigenvalue weighted by atomic mass is 10.4. The Morgan fingerprint density at radius 3 is 0.556 bits per heavy atom. The minimum absolute atomic E-state index is 0.434. The molecule has 3 heteroatoms. The summed E-state index contributed by atoms with van der Waals surface area (Å²) >= 11 is 0. The number of benzene rings is 6. The van der Waals surface area contributed by atoms with Gasteiger partial charge in [0.25, 0.3) is 0 Å². The molecule has 45 heavy (non-hydrogen) atoms. The van der Waals surface area contributed by atoms with E-state index in [1.54, 1.807) is 0 Å². The molecule has 0 heterocycles. The first-order valence-electron chi connectivity index (χ1n) is 16.0. The van der Waals surface area contributed by atoms with Crippen LogP contribution in [0.15, 0.2) is 182 Å². The highest BCUT2D eigenvalue weighted by atomic mass is 31.1.